The van der Waals surface area contributed by atoms with E-state index in [0.29, 0.717) is 0 Å². The first-order valence-corrected chi connectivity index (χ1v) is 6.01. The minimum absolute atomic E-state index is 0.123. The number of aromatic nitrogens is 2. The largest absolute Gasteiger partial charge is 0.380 e. The number of hydrogen-bond donors (Lipinski definition) is 1. The van der Waals surface area contributed by atoms with Crippen LogP contribution in [-0.2, 0) is 11.3 Å². The molecule has 1 aromatic rings. The van der Waals surface area contributed by atoms with E-state index in [9.17, 15) is 0 Å². The second-order valence-electron chi connectivity index (χ2n) is 3.96. The Morgan fingerprint density at radius 3 is 2.81 bits per heavy atom. The molecule has 0 saturated carbocycles. The molecule has 0 bridgehead atoms. The quantitative estimate of drug-likeness (QED) is 0.771. The number of ether oxygens (including phenoxy) is 1. The van der Waals surface area contributed by atoms with Crippen molar-refractivity contribution in [3.8, 4) is 0 Å². The van der Waals surface area contributed by atoms with Crippen LogP contribution in [0.25, 0.3) is 0 Å². The molecule has 4 heteroatoms. The third-order valence-corrected chi connectivity index (χ3v) is 2.76. The van der Waals surface area contributed by atoms with Gasteiger partial charge in [0.1, 0.15) is 5.82 Å². The van der Waals surface area contributed by atoms with Crippen LogP contribution in [0.5, 0.6) is 0 Å². The van der Waals surface area contributed by atoms with Crippen molar-refractivity contribution in [1.29, 1.82) is 0 Å². The topological polar surface area (TPSA) is 39.1 Å². The molecule has 0 saturated heterocycles. The lowest BCUT2D eigenvalue weighted by molar-refractivity contribution is 0.0794. The van der Waals surface area contributed by atoms with Crippen molar-refractivity contribution in [2.24, 2.45) is 0 Å². The van der Waals surface area contributed by atoms with Crippen LogP contribution in [0.3, 0.4) is 0 Å². The maximum absolute atomic E-state index is 5.41. The molecule has 1 rings (SSSR count). The van der Waals surface area contributed by atoms with Gasteiger partial charge < -0.3 is 14.6 Å². The summed E-state index contributed by atoms with van der Waals surface area (Å²) in [5, 5.41) is 3.43. The fourth-order valence-corrected chi connectivity index (χ4v) is 1.85. The minimum atomic E-state index is 0.123. The lowest BCUT2D eigenvalue weighted by atomic mass is 10.1. The molecule has 16 heavy (non-hydrogen) atoms. The molecule has 0 spiro atoms. The van der Waals surface area contributed by atoms with E-state index in [4.69, 9.17) is 4.74 Å². The van der Waals surface area contributed by atoms with Crippen LogP contribution in [0.15, 0.2) is 12.4 Å². The van der Waals surface area contributed by atoms with Gasteiger partial charge in [0.05, 0.1) is 12.1 Å². The van der Waals surface area contributed by atoms with Gasteiger partial charge in [-0.05, 0) is 19.9 Å². The number of aryl methyl sites for hydroxylation is 1. The standard InChI is InChI=1S/C12H23N3O/c1-5-8-15-9-7-14-12(15)11(13-6-2)10(3)16-4/h7,9-11,13H,5-6,8H2,1-4H3. The van der Waals surface area contributed by atoms with Gasteiger partial charge in [-0.2, -0.15) is 0 Å². The van der Waals surface area contributed by atoms with Gasteiger partial charge in [-0.3, -0.25) is 0 Å². The first-order valence-electron chi connectivity index (χ1n) is 6.01. The van der Waals surface area contributed by atoms with Gasteiger partial charge in [-0.15, -0.1) is 0 Å². The predicted octanol–water partition coefficient (Wildman–Crippen LogP) is 1.98. The summed E-state index contributed by atoms with van der Waals surface area (Å²) in [5.74, 6) is 1.07. The maximum Gasteiger partial charge on any atom is 0.128 e. The average molecular weight is 225 g/mol. The van der Waals surface area contributed by atoms with Crippen molar-refractivity contribution >= 4 is 0 Å². The summed E-state index contributed by atoms with van der Waals surface area (Å²) < 4.78 is 7.60. The average Bonchev–Trinajstić information content (AvgIpc) is 2.73. The highest BCUT2D eigenvalue weighted by Crippen LogP contribution is 2.17. The second kappa shape index (κ2) is 6.66. The SMILES string of the molecule is CCCn1ccnc1C(NCC)C(C)OC. The van der Waals surface area contributed by atoms with E-state index >= 15 is 0 Å². The first kappa shape index (κ1) is 13.2. The van der Waals surface area contributed by atoms with Crippen LogP contribution in [-0.4, -0.2) is 29.3 Å². The molecule has 2 unspecified atom stereocenters. The molecule has 2 atom stereocenters. The number of methoxy groups -OCH3 is 1. The third-order valence-electron chi connectivity index (χ3n) is 2.76. The lowest BCUT2D eigenvalue weighted by Gasteiger charge is -2.24. The van der Waals surface area contributed by atoms with Crippen LogP contribution in [0.2, 0.25) is 0 Å². The zero-order chi connectivity index (χ0) is 12.0. The number of nitrogens with one attached hydrogen (secondary N) is 1. The highest BCUT2D eigenvalue weighted by Gasteiger charge is 2.22. The predicted molar refractivity (Wildman–Crippen MR) is 65.4 cm³/mol. The Hall–Kier alpha value is -0.870. The summed E-state index contributed by atoms with van der Waals surface area (Å²) in [4.78, 5) is 4.44. The third kappa shape index (κ3) is 3.06. The van der Waals surface area contributed by atoms with E-state index in [1.165, 1.54) is 0 Å². The monoisotopic (exact) mass is 225 g/mol. The second-order valence-corrected chi connectivity index (χ2v) is 3.96. The molecule has 0 radical (unpaired) electrons. The van der Waals surface area contributed by atoms with Gasteiger partial charge >= 0.3 is 0 Å². The Kier molecular flexibility index (Phi) is 5.49. The fourth-order valence-electron chi connectivity index (χ4n) is 1.85. The Morgan fingerprint density at radius 1 is 1.50 bits per heavy atom. The molecule has 1 aromatic heterocycles. The van der Waals surface area contributed by atoms with Crippen molar-refractivity contribution in [2.45, 2.75) is 45.9 Å². The van der Waals surface area contributed by atoms with Crippen LogP contribution in [0.4, 0.5) is 0 Å². The smallest absolute Gasteiger partial charge is 0.128 e. The van der Waals surface area contributed by atoms with E-state index < -0.39 is 0 Å². The molecular formula is C12H23N3O. The van der Waals surface area contributed by atoms with Crippen LogP contribution in [0.1, 0.15) is 39.1 Å². The molecule has 0 aliphatic carbocycles. The lowest BCUT2D eigenvalue weighted by Crippen LogP contribution is -2.33. The molecule has 0 amide bonds. The van der Waals surface area contributed by atoms with E-state index in [0.717, 1.165) is 25.3 Å². The molecule has 0 aliphatic rings. The van der Waals surface area contributed by atoms with Crippen molar-refractivity contribution < 1.29 is 4.74 Å². The van der Waals surface area contributed by atoms with Gasteiger partial charge in [-0.25, -0.2) is 4.98 Å². The summed E-state index contributed by atoms with van der Waals surface area (Å²) in [6, 6.07) is 0.163. The van der Waals surface area contributed by atoms with Crippen molar-refractivity contribution in [3.63, 3.8) is 0 Å². The zero-order valence-corrected chi connectivity index (χ0v) is 10.7. The highest BCUT2D eigenvalue weighted by atomic mass is 16.5. The molecule has 0 aliphatic heterocycles. The van der Waals surface area contributed by atoms with Crippen LogP contribution >= 0.6 is 0 Å². The molecule has 0 fully saturated rings. The first-order chi connectivity index (χ1) is 7.74. The molecular weight excluding hydrogens is 202 g/mol. The maximum atomic E-state index is 5.41. The summed E-state index contributed by atoms with van der Waals surface area (Å²) in [6.45, 7) is 8.26. The number of nitrogens with zero attached hydrogens (tertiary/aromatic N) is 2. The zero-order valence-electron chi connectivity index (χ0n) is 10.7. The Morgan fingerprint density at radius 2 is 2.25 bits per heavy atom. The van der Waals surface area contributed by atoms with E-state index in [1.807, 2.05) is 12.4 Å². The molecule has 92 valence electrons. The number of imidazole rings is 1. The van der Waals surface area contributed by atoms with Crippen LogP contribution in [0, 0.1) is 0 Å². The summed E-state index contributed by atoms with van der Waals surface area (Å²) >= 11 is 0. The van der Waals surface area contributed by atoms with Crippen molar-refractivity contribution in [2.75, 3.05) is 13.7 Å². The van der Waals surface area contributed by atoms with Crippen molar-refractivity contribution in [3.05, 3.63) is 18.2 Å². The number of hydrogen-bond acceptors (Lipinski definition) is 3. The Bertz CT molecular complexity index is 298. The Balaban J connectivity index is 2.86. The molecule has 4 nitrogen and oxygen atoms in total. The molecule has 0 aromatic carbocycles. The highest BCUT2D eigenvalue weighted by molar-refractivity contribution is 5.01. The summed E-state index contributed by atoms with van der Waals surface area (Å²) in [7, 11) is 1.74. The number of rotatable bonds is 7. The van der Waals surface area contributed by atoms with Gasteiger partial charge in [-0.1, -0.05) is 13.8 Å². The normalized spacial score (nSPS) is 15.0. The van der Waals surface area contributed by atoms with Crippen molar-refractivity contribution in [1.82, 2.24) is 14.9 Å². The summed E-state index contributed by atoms with van der Waals surface area (Å²) in [5.41, 5.74) is 0. The number of likely N-dealkylation sites (N-methyl/N-ethyl adjacent to an activating group) is 1. The molecule has 1 heterocycles. The van der Waals surface area contributed by atoms with Crippen LogP contribution < -0.4 is 5.32 Å². The summed E-state index contributed by atoms with van der Waals surface area (Å²) in [6.07, 6.45) is 5.13. The molecule has 1 N–H and O–H groups in total. The van der Waals surface area contributed by atoms with Gasteiger partial charge in [0.2, 0.25) is 0 Å². The van der Waals surface area contributed by atoms with E-state index in [2.05, 4.69) is 35.6 Å². The Labute approximate surface area is 98.0 Å². The fraction of sp³-hybridized carbons (Fsp3) is 0.750. The minimum Gasteiger partial charge on any atom is -0.380 e. The van der Waals surface area contributed by atoms with E-state index in [-0.39, 0.29) is 12.1 Å². The van der Waals surface area contributed by atoms with Gasteiger partial charge in [0.15, 0.2) is 0 Å². The van der Waals surface area contributed by atoms with Gasteiger partial charge in [0.25, 0.3) is 0 Å². The van der Waals surface area contributed by atoms with Gasteiger partial charge in [0, 0.05) is 26.0 Å². The van der Waals surface area contributed by atoms with E-state index in [1.54, 1.807) is 7.11 Å².